The van der Waals surface area contributed by atoms with Crippen molar-refractivity contribution in [3.05, 3.63) is 22.6 Å². The molecule has 7 heteroatoms. The Labute approximate surface area is 147 Å². The van der Waals surface area contributed by atoms with Crippen LogP contribution < -0.4 is 4.74 Å². The molecule has 24 heavy (non-hydrogen) atoms. The number of carbonyl (C=O) groups is 1. The van der Waals surface area contributed by atoms with Gasteiger partial charge in [0, 0.05) is 18.2 Å². The van der Waals surface area contributed by atoms with E-state index in [4.69, 9.17) is 16.3 Å². The average molecular weight is 358 g/mol. The van der Waals surface area contributed by atoms with Crippen molar-refractivity contribution in [2.24, 2.45) is 0 Å². The summed E-state index contributed by atoms with van der Waals surface area (Å²) in [5.74, 6) is -0.356. The molecule has 1 fully saturated rings. The first-order valence-corrected chi connectivity index (χ1v) is 8.43. The fraction of sp³-hybridized carbons (Fsp3) is 0.647. The van der Waals surface area contributed by atoms with E-state index in [0.29, 0.717) is 5.56 Å². The van der Waals surface area contributed by atoms with E-state index >= 15 is 0 Å². The second-order valence-corrected chi connectivity index (χ2v) is 7.50. The van der Waals surface area contributed by atoms with E-state index < -0.39 is 5.82 Å². The molecular weight excluding hydrogens is 333 g/mol. The van der Waals surface area contributed by atoms with Crippen LogP contribution in [0, 0.1) is 5.82 Å². The molecule has 5 nitrogen and oxygen atoms in total. The van der Waals surface area contributed by atoms with Crippen molar-refractivity contribution in [3.8, 4) is 5.88 Å². The first-order valence-electron chi connectivity index (χ1n) is 8.05. The van der Waals surface area contributed by atoms with Gasteiger partial charge in [0.15, 0.2) is 11.0 Å². The summed E-state index contributed by atoms with van der Waals surface area (Å²) in [4.78, 5) is 20.6. The Hall–Kier alpha value is -1.40. The fourth-order valence-corrected chi connectivity index (χ4v) is 3.32. The number of rotatable bonds is 4. The number of carbonyl (C=O) groups excluding carboxylic acids is 1. The SMILES string of the molecule is COc1nc(Cl)c(F)cc1CN(C)C(=O)[C@@H]1CCCN1C(C)(C)C. The maximum atomic E-state index is 13.7. The molecule has 1 aliphatic rings. The zero-order chi connectivity index (χ0) is 18.1. The van der Waals surface area contributed by atoms with Crippen LogP contribution in [0.4, 0.5) is 4.39 Å². The lowest BCUT2D eigenvalue weighted by molar-refractivity contribution is -0.136. The molecule has 1 saturated heterocycles. The van der Waals surface area contributed by atoms with Crippen molar-refractivity contribution in [2.75, 3.05) is 20.7 Å². The number of hydrogen-bond acceptors (Lipinski definition) is 4. The number of halogens is 2. The quantitative estimate of drug-likeness (QED) is 0.777. The molecule has 0 aliphatic carbocycles. The van der Waals surface area contributed by atoms with Crippen LogP contribution in [0.1, 0.15) is 39.2 Å². The van der Waals surface area contributed by atoms with Crippen LogP contribution in [-0.4, -0.2) is 53.0 Å². The number of nitrogens with zero attached hydrogens (tertiary/aromatic N) is 3. The Balaban J connectivity index is 2.16. The Morgan fingerprint density at radius 3 is 2.79 bits per heavy atom. The van der Waals surface area contributed by atoms with Gasteiger partial charge in [-0.25, -0.2) is 4.39 Å². The molecule has 0 N–H and O–H groups in total. The molecule has 0 bridgehead atoms. The Morgan fingerprint density at radius 2 is 2.21 bits per heavy atom. The number of hydrogen-bond donors (Lipinski definition) is 0. The topological polar surface area (TPSA) is 45.7 Å². The molecule has 0 spiro atoms. The maximum Gasteiger partial charge on any atom is 0.239 e. The van der Waals surface area contributed by atoms with Gasteiger partial charge in [0.2, 0.25) is 11.8 Å². The number of methoxy groups -OCH3 is 1. The summed E-state index contributed by atoms with van der Waals surface area (Å²) in [7, 11) is 3.16. The number of likely N-dealkylation sites (N-methyl/N-ethyl adjacent to an activating group) is 1. The van der Waals surface area contributed by atoms with Gasteiger partial charge in [-0.15, -0.1) is 0 Å². The largest absolute Gasteiger partial charge is 0.481 e. The molecule has 1 aromatic heterocycles. The molecule has 2 rings (SSSR count). The molecule has 1 aromatic rings. The predicted molar refractivity (Wildman–Crippen MR) is 91.7 cm³/mol. The lowest BCUT2D eigenvalue weighted by Crippen LogP contribution is -2.51. The highest BCUT2D eigenvalue weighted by Gasteiger charge is 2.38. The van der Waals surface area contributed by atoms with E-state index in [1.165, 1.54) is 13.2 Å². The zero-order valence-electron chi connectivity index (χ0n) is 14.9. The fourth-order valence-electron chi connectivity index (χ4n) is 3.19. The minimum atomic E-state index is -0.620. The number of pyridine rings is 1. The molecule has 1 aliphatic heterocycles. The van der Waals surface area contributed by atoms with Crippen molar-refractivity contribution >= 4 is 17.5 Å². The molecule has 1 amide bonds. The summed E-state index contributed by atoms with van der Waals surface area (Å²) in [6.07, 6.45) is 1.84. The third-order valence-corrected chi connectivity index (χ3v) is 4.61. The van der Waals surface area contributed by atoms with Crippen molar-refractivity contribution in [1.29, 1.82) is 0 Å². The minimum absolute atomic E-state index is 0.0276. The van der Waals surface area contributed by atoms with Crippen LogP contribution in [0.25, 0.3) is 0 Å². The zero-order valence-corrected chi connectivity index (χ0v) is 15.7. The van der Waals surface area contributed by atoms with Gasteiger partial charge < -0.3 is 9.64 Å². The average Bonchev–Trinajstić information content (AvgIpc) is 2.99. The van der Waals surface area contributed by atoms with E-state index in [2.05, 4.69) is 30.7 Å². The smallest absolute Gasteiger partial charge is 0.239 e. The molecule has 2 heterocycles. The van der Waals surface area contributed by atoms with Crippen LogP contribution in [-0.2, 0) is 11.3 Å². The molecule has 0 radical (unpaired) electrons. The van der Waals surface area contributed by atoms with Gasteiger partial charge in [0.25, 0.3) is 0 Å². The lowest BCUT2D eigenvalue weighted by Gasteiger charge is -2.37. The van der Waals surface area contributed by atoms with Gasteiger partial charge in [0.05, 0.1) is 19.7 Å². The Bertz CT molecular complexity index is 619. The van der Waals surface area contributed by atoms with E-state index in [1.54, 1.807) is 11.9 Å². The second kappa shape index (κ2) is 7.23. The third-order valence-electron chi connectivity index (χ3n) is 4.35. The van der Waals surface area contributed by atoms with Gasteiger partial charge in [-0.05, 0) is 46.2 Å². The van der Waals surface area contributed by atoms with Crippen LogP contribution in [0.2, 0.25) is 5.15 Å². The third kappa shape index (κ3) is 3.98. The van der Waals surface area contributed by atoms with Crippen LogP contribution >= 0.6 is 11.6 Å². The first-order chi connectivity index (χ1) is 11.1. The number of likely N-dealkylation sites (tertiary alicyclic amines) is 1. The molecule has 1 atom stereocenters. The molecule has 0 aromatic carbocycles. The van der Waals surface area contributed by atoms with Crippen molar-refractivity contribution < 1.29 is 13.9 Å². The van der Waals surface area contributed by atoms with Crippen molar-refractivity contribution in [3.63, 3.8) is 0 Å². The summed E-state index contributed by atoms with van der Waals surface area (Å²) in [6, 6.07) is 1.12. The Kier molecular flexibility index (Phi) is 5.71. The Morgan fingerprint density at radius 1 is 1.54 bits per heavy atom. The number of aromatic nitrogens is 1. The molecule has 134 valence electrons. The van der Waals surface area contributed by atoms with Crippen LogP contribution in [0.15, 0.2) is 6.07 Å². The normalized spacial score (nSPS) is 18.7. The van der Waals surface area contributed by atoms with E-state index in [-0.39, 0.29) is 35.1 Å². The van der Waals surface area contributed by atoms with E-state index in [0.717, 1.165) is 19.4 Å². The molecule has 0 unspecified atom stereocenters. The van der Waals surface area contributed by atoms with Gasteiger partial charge in [-0.3, -0.25) is 9.69 Å². The molecular formula is C17H25ClFN3O2. The van der Waals surface area contributed by atoms with Crippen LogP contribution in [0.3, 0.4) is 0 Å². The van der Waals surface area contributed by atoms with Crippen molar-refractivity contribution in [2.45, 2.75) is 51.7 Å². The van der Waals surface area contributed by atoms with Gasteiger partial charge in [-0.2, -0.15) is 4.98 Å². The maximum absolute atomic E-state index is 13.7. The predicted octanol–water partition coefficient (Wildman–Crippen LogP) is 3.10. The van der Waals surface area contributed by atoms with Gasteiger partial charge in [-0.1, -0.05) is 11.6 Å². The summed E-state index contributed by atoms with van der Waals surface area (Å²) in [6.45, 7) is 7.46. The van der Waals surface area contributed by atoms with Gasteiger partial charge in [0.1, 0.15) is 0 Å². The monoisotopic (exact) mass is 357 g/mol. The van der Waals surface area contributed by atoms with E-state index in [1.807, 2.05) is 0 Å². The first kappa shape index (κ1) is 18.9. The molecule has 0 saturated carbocycles. The summed E-state index contributed by atoms with van der Waals surface area (Å²) in [5, 5.41) is -0.237. The van der Waals surface area contributed by atoms with Crippen molar-refractivity contribution in [1.82, 2.24) is 14.8 Å². The highest BCUT2D eigenvalue weighted by molar-refractivity contribution is 6.29. The highest BCUT2D eigenvalue weighted by Crippen LogP contribution is 2.28. The lowest BCUT2D eigenvalue weighted by atomic mass is 10.0. The summed E-state index contributed by atoms with van der Waals surface area (Å²) >= 11 is 5.68. The minimum Gasteiger partial charge on any atom is -0.481 e. The van der Waals surface area contributed by atoms with Crippen LogP contribution in [0.5, 0.6) is 5.88 Å². The number of ether oxygens (including phenoxy) is 1. The second-order valence-electron chi connectivity index (χ2n) is 7.15. The summed E-state index contributed by atoms with van der Waals surface area (Å²) < 4.78 is 18.9. The highest BCUT2D eigenvalue weighted by atomic mass is 35.5. The van der Waals surface area contributed by atoms with Gasteiger partial charge >= 0.3 is 0 Å². The summed E-state index contributed by atoms with van der Waals surface area (Å²) in [5.41, 5.74) is 0.430. The van der Waals surface area contributed by atoms with E-state index in [9.17, 15) is 9.18 Å². The standard InChI is InChI=1S/C17H25ClFN3O2/c1-17(2,3)22-8-6-7-13(22)16(23)21(4)10-11-9-12(19)14(18)20-15(11)24-5/h9,13H,6-8,10H2,1-5H3/t13-/m0/s1. The number of amides is 1.